The molecule has 0 fully saturated rings. The monoisotopic (exact) mass is 396 g/mol. The Balaban J connectivity index is 1.79. The van der Waals surface area contributed by atoms with Gasteiger partial charge in [0.15, 0.2) is 11.6 Å². The zero-order chi connectivity index (χ0) is 20.6. The van der Waals surface area contributed by atoms with Crippen molar-refractivity contribution in [1.29, 1.82) is 0 Å². The van der Waals surface area contributed by atoms with Crippen molar-refractivity contribution >= 4 is 0 Å². The van der Waals surface area contributed by atoms with Crippen LogP contribution in [0.4, 0.5) is 13.2 Å². The third-order valence-corrected chi connectivity index (χ3v) is 5.38. The molecule has 0 aromatic heterocycles. The van der Waals surface area contributed by atoms with E-state index in [0.717, 1.165) is 24.8 Å². The molecule has 1 aliphatic rings. The lowest BCUT2D eigenvalue weighted by Gasteiger charge is -2.29. The molecule has 4 rings (SSSR count). The Morgan fingerprint density at radius 3 is 2.14 bits per heavy atom. The van der Waals surface area contributed by atoms with Gasteiger partial charge >= 0.3 is 6.11 Å². The molecule has 0 unspecified atom stereocenters. The summed E-state index contributed by atoms with van der Waals surface area (Å²) in [6.45, 7) is 4.03. The average Bonchev–Trinajstić information content (AvgIpc) is 2.71. The van der Waals surface area contributed by atoms with Crippen molar-refractivity contribution in [3.63, 3.8) is 0 Å². The molecule has 1 heterocycles. The summed E-state index contributed by atoms with van der Waals surface area (Å²) in [6.07, 6.45) is -0.348. The minimum Gasteiger partial charge on any atom is -0.425 e. The van der Waals surface area contributed by atoms with E-state index in [1.165, 1.54) is 11.6 Å². The first-order valence-electron chi connectivity index (χ1n) is 10.1. The molecule has 4 heteroatoms. The number of aryl methyl sites for hydroxylation is 2. The number of alkyl halides is 2. The predicted octanol–water partition coefficient (Wildman–Crippen LogP) is 7.51. The number of ether oxygens (including phenoxy) is 1. The van der Waals surface area contributed by atoms with Crippen LogP contribution in [0.1, 0.15) is 43.4 Å². The number of hydrogen-bond acceptors (Lipinski definition) is 1. The Hall–Kier alpha value is -2.75. The average molecular weight is 396 g/mol. The van der Waals surface area contributed by atoms with Crippen molar-refractivity contribution in [3.05, 3.63) is 77.1 Å². The number of hydrogen-bond donors (Lipinski definition) is 0. The highest BCUT2D eigenvalue weighted by Gasteiger charge is 2.43. The van der Waals surface area contributed by atoms with Gasteiger partial charge in [0.25, 0.3) is 0 Å². The molecule has 0 aliphatic carbocycles. The summed E-state index contributed by atoms with van der Waals surface area (Å²) in [5.41, 5.74) is 3.60. The molecule has 0 saturated heterocycles. The van der Waals surface area contributed by atoms with Crippen LogP contribution >= 0.6 is 0 Å². The first kappa shape index (κ1) is 19.6. The highest BCUT2D eigenvalue weighted by molar-refractivity contribution is 5.80. The number of halogens is 3. The lowest BCUT2D eigenvalue weighted by atomic mass is 9.90. The summed E-state index contributed by atoms with van der Waals surface area (Å²) in [6, 6.07) is 16.2. The molecule has 0 bridgehead atoms. The smallest absolute Gasteiger partial charge is 0.425 e. The molecule has 3 aromatic rings. The third-order valence-electron chi connectivity index (χ3n) is 5.38. The molecule has 29 heavy (non-hydrogen) atoms. The maximum absolute atomic E-state index is 14.8. The van der Waals surface area contributed by atoms with Crippen molar-refractivity contribution in [2.24, 2.45) is 0 Å². The highest BCUT2D eigenvalue weighted by Crippen LogP contribution is 2.49. The van der Waals surface area contributed by atoms with Gasteiger partial charge in [0.2, 0.25) is 0 Å². The van der Waals surface area contributed by atoms with Gasteiger partial charge in [0, 0.05) is 5.56 Å². The fourth-order valence-corrected chi connectivity index (χ4v) is 3.91. The summed E-state index contributed by atoms with van der Waals surface area (Å²) in [4.78, 5) is 0. The van der Waals surface area contributed by atoms with Gasteiger partial charge in [-0.15, -0.1) is 0 Å². The van der Waals surface area contributed by atoms with Gasteiger partial charge in [-0.05, 0) is 46.7 Å². The second-order valence-electron chi connectivity index (χ2n) is 7.49. The first-order chi connectivity index (χ1) is 13.9. The van der Waals surface area contributed by atoms with Crippen molar-refractivity contribution < 1.29 is 17.9 Å². The van der Waals surface area contributed by atoms with Crippen LogP contribution in [0.3, 0.4) is 0 Å². The molecule has 0 amide bonds. The molecule has 0 N–H and O–H groups in total. The minimum atomic E-state index is -3.59. The Kier molecular flexibility index (Phi) is 5.12. The van der Waals surface area contributed by atoms with Gasteiger partial charge in [-0.1, -0.05) is 75.2 Å². The Morgan fingerprint density at radius 2 is 1.45 bits per heavy atom. The Morgan fingerprint density at radius 1 is 0.793 bits per heavy atom. The van der Waals surface area contributed by atoms with Gasteiger partial charge in [0.1, 0.15) is 0 Å². The van der Waals surface area contributed by atoms with Gasteiger partial charge in [0.05, 0.1) is 5.56 Å². The minimum absolute atomic E-state index is 0.234. The predicted molar refractivity (Wildman–Crippen MR) is 110 cm³/mol. The molecular weight excluding hydrogens is 373 g/mol. The fourth-order valence-electron chi connectivity index (χ4n) is 3.91. The van der Waals surface area contributed by atoms with Crippen LogP contribution in [0.15, 0.2) is 54.6 Å². The van der Waals surface area contributed by atoms with Crippen LogP contribution in [0.5, 0.6) is 5.75 Å². The fraction of sp³-hybridized carbons (Fsp3) is 0.280. The van der Waals surface area contributed by atoms with Crippen LogP contribution in [-0.2, 0) is 19.0 Å². The van der Waals surface area contributed by atoms with Crippen molar-refractivity contribution in [3.8, 4) is 28.0 Å². The van der Waals surface area contributed by atoms with Crippen LogP contribution in [0, 0.1) is 5.82 Å². The zero-order valence-electron chi connectivity index (χ0n) is 16.6. The van der Waals surface area contributed by atoms with E-state index in [9.17, 15) is 13.2 Å². The van der Waals surface area contributed by atoms with Crippen LogP contribution in [0.25, 0.3) is 22.3 Å². The van der Waals surface area contributed by atoms with E-state index in [4.69, 9.17) is 4.74 Å². The van der Waals surface area contributed by atoms with E-state index in [1.54, 1.807) is 24.3 Å². The second-order valence-corrected chi connectivity index (χ2v) is 7.49. The van der Waals surface area contributed by atoms with E-state index >= 15 is 0 Å². The summed E-state index contributed by atoms with van der Waals surface area (Å²) < 4.78 is 49.4. The first-order valence-corrected chi connectivity index (χ1v) is 10.1. The Labute approximate surface area is 169 Å². The van der Waals surface area contributed by atoms with Gasteiger partial charge in [-0.25, -0.2) is 4.39 Å². The second kappa shape index (κ2) is 7.58. The molecule has 3 aromatic carbocycles. The van der Waals surface area contributed by atoms with E-state index in [-0.39, 0.29) is 11.3 Å². The maximum Gasteiger partial charge on any atom is 0.427 e. The third kappa shape index (κ3) is 3.52. The number of rotatable bonds is 5. The molecule has 1 nitrogen and oxygen atoms in total. The van der Waals surface area contributed by atoms with Gasteiger partial charge in [-0.3, -0.25) is 0 Å². The molecule has 0 saturated carbocycles. The van der Waals surface area contributed by atoms with Crippen molar-refractivity contribution in [2.75, 3.05) is 0 Å². The molecule has 0 spiro atoms. The van der Waals surface area contributed by atoms with E-state index in [0.29, 0.717) is 28.7 Å². The summed E-state index contributed by atoms with van der Waals surface area (Å²) in [5.74, 6) is -1.05. The van der Waals surface area contributed by atoms with Crippen molar-refractivity contribution in [1.82, 2.24) is 0 Å². The number of fused-ring (bicyclic) bond motifs is 3. The molecule has 1 aliphatic heterocycles. The lowest BCUT2D eigenvalue weighted by Crippen LogP contribution is -2.27. The normalized spacial score (nSPS) is 14.1. The van der Waals surface area contributed by atoms with Crippen LogP contribution in [0.2, 0.25) is 0 Å². The molecule has 0 radical (unpaired) electrons. The van der Waals surface area contributed by atoms with E-state index < -0.39 is 11.9 Å². The summed E-state index contributed by atoms with van der Waals surface area (Å²) in [5, 5.41) is 0. The van der Waals surface area contributed by atoms with E-state index in [2.05, 4.69) is 6.92 Å². The van der Waals surface area contributed by atoms with Crippen LogP contribution < -0.4 is 4.74 Å². The summed E-state index contributed by atoms with van der Waals surface area (Å²) >= 11 is 0. The highest BCUT2D eigenvalue weighted by atomic mass is 19.3. The van der Waals surface area contributed by atoms with Crippen molar-refractivity contribution in [2.45, 2.75) is 45.6 Å². The maximum atomic E-state index is 14.8. The van der Waals surface area contributed by atoms with E-state index in [1.807, 2.05) is 31.2 Å². The largest absolute Gasteiger partial charge is 0.427 e. The summed E-state index contributed by atoms with van der Waals surface area (Å²) in [7, 11) is 0. The lowest BCUT2D eigenvalue weighted by molar-refractivity contribution is -0.188. The Bertz CT molecular complexity index is 1040. The SMILES string of the molecule is CCCc1ccc(-c2ccc3c(c2)C(F)(F)Oc2c-3ccc(CCC)c2F)cc1. The van der Waals surface area contributed by atoms with Gasteiger partial charge in [-0.2, -0.15) is 8.78 Å². The van der Waals surface area contributed by atoms with Crippen LogP contribution in [-0.4, -0.2) is 0 Å². The topological polar surface area (TPSA) is 9.23 Å². The standard InChI is InChI=1S/C25H23F3O/c1-3-5-16-7-9-17(10-8-16)19-12-13-20-21-14-11-18(6-4-2)23(26)24(21)29-25(27,28)22(20)15-19/h7-15H,3-6H2,1-2H3. The number of benzene rings is 3. The quantitative estimate of drug-likeness (QED) is 0.434. The zero-order valence-corrected chi connectivity index (χ0v) is 16.6. The molecule has 150 valence electrons. The molecular formula is C25H23F3O. The van der Waals surface area contributed by atoms with Gasteiger partial charge < -0.3 is 4.74 Å². The molecule has 0 atom stereocenters.